The normalized spacial score (nSPS) is 15.1. The molecule has 176 valence electrons. The molecule has 5 heteroatoms. The molecule has 1 aliphatic heterocycles. The third kappa shape index (κ3) is 4.71. The lowest BCUT2D eigenvalue weighted by Crippen LogP contribution is -2.44. The van der Waals surface area contributed by atoms with Crippen LogP contribution in [0.2, 0.25) is 0 Å². The molecule has 0 bridgehead atoms. The predicted octanol–water partition coefficient (Wildman–Crippen LogP) is 5.85. The fraction of sp³-hybridized carbons (Fsp3) is 0.167. The second kappa shape index (κ2) is 9.94. The van der Waals surface area contributed by atoms with Crippen molar-refractivity contribution in [3.05, 3.63) is 107 Å². The molecule has 0 radical (unpaired) electrons. The van der Waals surface area contributed by atoms with Crippen LogP contribution >= 0.6 is 0 Å². The highest BCUT2D eigenvalue weighted by molar-refractivity contribution is 6.17. The van der Waals surface area contributed by atoms with Gasteiger partial charge in [-0.1, -0.05) is 48.0 Å². The topological polar surface area (TPSA) is 43.6 Å². The number of hydrogen-bond acceptors (Lipinski definition) is 3. The maximum atomic E-state index is 13.1. The van der Waals surface area contributed by atoms with Crippen LogP contribution in [-0.4, -0.2) is 41.6 Å². The summed E-state index contributed by atoms with van der Waals surface area (Å²) < 4.78 is 1.53. The SMILES string of the molecule is C=[N+](C)C1=C(C)C(=Cc2ccc(N(c3ccccc3)c3ccc(C)cc3)cc2)C(=O)N(CC)C1=O. The van der Waals surface area contributed by atoms with E-state index in [2.05, 4.69) is 54.9 Å². The average molecular weight is 465 g/mol. The van der Waals surface area contributed by atoms with Gasteiger partial charge in [-0.15, -0.1) is 0 Å². The van der Waals surface area contributed by atoms with E-state index in [0.717, 1.165) is 22.6 Å². The zero-order chi connectivity index (χ0) is 25.1. The Kier molecular flexibility index (Phi) is 6.78. The summed E-state index contributed by atoms with van der Waals surface area (Å²) in [7, 11) is 1.72. The number of benzene rings is 3. The number of imide groups is 1. The Hall–Kier alpha value is -4.25. The number of carbonyl (C=O) groups is 2. The first-order valence-corrected chi connectivity index (χ1v) is 11.7. The number of rotatable bonds is 6. The van der Waals surface area contributed by atoms with Crippen LogP contribution in [-0.2, 0) is 9.59 Å². The molecule has 0 aliphatic carbocycles. The summed E-state index contributed by atoms with van der Waals surface area (Å²) in [5, 5.41) is 0. The van der Waals surface area contributed by atoms with Gasteiger partial charge >= 0.3 is 5.91 Å². The molecule has 5 nitrogen and oxygen atoms in total. The van der Waals surface area contributed by atoms with E-state index in [1.807, 2.05) is 48.5 Å². The fourth-order valence-electron chi connectivity index (χ4n) is 4.32. The Morgan fingerprint density at radius 3 is 1.91 bits per heavy atom. The molecule has 0 saturated heterocycles. The van der Waals surface area contributed by atoms with E-state index in [4.69, 9.17) is 0 Å². The highest BCUT2D eigenvalue weighted by atomic mass is 16.2. The standard InChI is InChI=1S/C30H30N3O2/c1-6-32-29(34)27(22(3)28(30(32)35)31(4)5)20-23-14-18-26(19-15-23)33(24-10-8-7-9-11-24)25-16-12-21(2)13-17-25/h7-20H,4,6H2,1-3,5H3/q+1. The van der Waals surface area contributed by atoms with Crippen LogP contribution in [0.5, 0.6) is 0 Å². The summed E-state index contributed by atoms with van der Waals surface area (Å²) >= 11 is 0. The van der Waals surface area contributed by atoms with E-state index in [1.54, 1.807) is 20.9 Å². The molecule has 4 rings (SSSR count). The van der Waals surface area contributed by atoms with Gasteiger partial charge in [-0.2, -0.15) is 0 Å². The monoisotopic (exact) mass is 464 g/mol. The molecule has 0 unspecified atom stereocenters. The Labute approximate surface area is 206 Å². The zero-order valence-electron chi connectivity index (χ0n) is 20.7. The van der Waals surface area contributed by atoms with Crippen molar-refractivity contribution in [3.63, 3.8) is 0 Å². The van der Waals surface area contributed by atoms with Gasteiger partial charge in [0.2, 0.25) is 0 Å². The van der Waals surface area contributed by atoms with E-state index in [1.165, 1.54) is 15.0 Å². The zero-order valence-corrected chi connectivity index (χ0v) is 20.7. The summed E-state index contributed by atoms with van der Waals surface area (Å²) in [5.41, 5.74) is 6.79. The summed E-state index contributed by atoms with van der Waals surface area (Å²) in [6.07, 6.45) is 1.85. The van der Waals surface area contributed by atoms with Gasteiger partial charge in [0.1, 0.15) is 13.8 Å². The van der Waals surface area contributed by atoms with Crippen molar-refractivity contribution < 1.29 is 14.2 Å². The Morgan fingerprint density at radius 2 is 1.37 bits per heavy atom. The molecular formula is C30H30N3O2+. The molecule has 2 amide bonds. The molecule has 0 saturated carbocycles. The molecule has 0 aromatic heterocycles. The summed E-state index contributed by atoms with van der Waals surface area (Å²) in [5.74, 6) is -0.591. The Morgan fingerprint density at radius 1 is 0.829 bits per heavy atom. The van der Waals surface area contributed by atoms with Gasteiger partial charge in [0.25, 0.3) is 11.6 Å². The van der Waals surface area contributed by atoms with Crippen molar-refractivity contribution >= 4 is 41.7 Å². The smallest absolute Gasteiger partial charge is 0.311 e. The van der Waals surface area contributed by atoms with Crippen LogP contribution in [0.3, 0.4) is 0 Å². The molecule has 3 aromatic carbocycles. The molecule has 0 fully saturated rings. The minimum atomic E-state index is -0.309. The van der Waals surface area contributed by atoms with Crippen LogP contribution in [0.15, 0.2) is 95.7 Å². The molecular weight excluding hydrogens is 434 g/mol. The molecule has 1 heterocycles. The van der Waals surface area contributed by atoms with E-state index in [0.29, 0.717) is 23.4 Å². The number of amides is 2. The molecule has 3 aromatic rings. The summed E-state index contributed by atoms with van der Waals surface area (Å²) in [6, 6.07) is 26.7. The van der Waals surface area contributed by atoms with Gasteiger partial charge in [0, 0.05) is 29.2 Å². The van der Waals surface area contributed by atoms with Gasteiger partial charge < -0.3 is 4.90 Å². The summed E-state index contributed by atoms with van der Waals surface area (Å²) in [4.78, 5) is 29.3. The van der Waals surface area contributed by atoms with Crippen LogP contribution in [0.4, 0.5) is 17.1 Å². The number of anilines is 3. The van der Waals surface area contributed by atoms with Crippen LogP contribution in [0, 0.1) is 6.92 Å². The number of aryl methyl sites for hydroxylation is 1. The minimum absolute atomic E-state index is 0.282. The van der Waals surface area contributed by atoms with Gasteiger partial charge in [-0.3, -0.25) is 14.5 Å². The molecule has 35 heavy (non-hydrogen) atoms. The second-order valence-corrected chi connectivity index (χ2v) is 8.68. The van der Waals surface area contributed by atoms with Gasteiger partial charge in [-0.05, 0) is 68.8 Å². The lowest BCUT2D eigenvalue weighted by atomic mass is 9.96. The number of para-hydroxylation sites is 1. The molecule has 1 aliphatic rings. The van der Waals surface area contributed by atoms with Crippen molar-refractivity contribution in [2.45, 2.75) is 20.8 Å². The van der Waals surface area contributed by atoms with E-state index >= 15 is 0 Å². The number of carbonyl (C=O) groups excluding carboxylic acids is 2. The highest BCUT2D eigenvalue weighted by Crippen LogP contribution is 2.35. The van der Waals surface area contributed by atoms with Crippen molar-refractivity contribution in [2.75, 3.05) is 18.5 Å². The largest absolute Gasteiger partial charge is 0.325 e. The van der Waals surface area contributed by atoms with Gasteiger partial charge in [-0.25, -0.2) is 4.58 Å². The van der Waals surface area contributed by atoms with E-state index in [-0.39, 0.29) is 11.8 Å². The Balaban J connectivity index is 1.75. The van der Waals surface area contributed by atoms with Crippen LogP contribution < -0.4 is 4.90 Å². The van der Waals surface area contributed by atoms with Crippen molar-refractivity contribution in [1.82, 2.24) is 4.90 Å². The molecule has 0 spiro atoms. The second-order valence-electron chi connectivity index (χ2n) is 8.68. The third-order valence-corrected chi connectivity index (χ3v) is 6.15. The minimum Gasteiger partial charge on any atom is -0.311 e. The van der Waals surface area contributed by atoms with E-state index in [9.17, 15) is 9.59 Å². The van der Waals surface area contributed by atoms with Gasteiger partial charge in [0.15, 0.2) is 0 Å². The van der Waals surface area contributed by atoms with Gasteiger partial charge in [0.05, 0.1) is 5.57 Å². The van der Waals surface area contributed by atoms with Crippen molar-refractivity contribution in [1.29, 1.82) is 0 Å². The quantitative estimate of drug-likeness (QED) is 0.199. The Bertz CT molecular complexity index is 1330. The third-order valence-electron chi connectivity index (χ3n) is 6.15. The number of likely N-dealkylation sites (N-methyl/N-ethyl adjacent to an activating group) is 2. The lowest BCUT2D eigenvalue weighted by molar-refractivity contribution is -0.430. The van der Waals surface area contributed by atoms with Crippen molar-refractivity contribution in [2.24, 2.45) is 0 Å². The first-order chi connectivity index (χ1) is 16.8. The van der Waals surface area contributed by atoms with Crippen LogP contribution in [0.1, 0.15) is 25.0 Å². The maximum absolute atomic E-state index is 13.1. The predicted molar refractivity (Wildman–Crippen MR) is 142 cm³/mol. The average Bonchev–Trinajstić information content (AvgIpc) is 2.85. The lowest BCUT2D eigenvalue weighted by Gasteiger charge is -2.26. The molecule has 0 atom stereocenters. The highest BCUT2D eigenvalue weighted by Gasteiger charge is 2.39. The molecule has 0 N–H and O–H groups in total. The van der Waals surface area contributed by atoms with Crippen molar-refractivity contribution in [3.8, 4) is 0 Å². The first kappa shape index (κ1) is 23.9. The van der Waals surface area contributed by atoms with E-state index < -0.39 is 0 Å². The maximum Gasteiger partial charge on any atom is 0.325 e. The van der Waals surface area contributed by atoms with Crippen LogP contribution in [0.25, 0.3) is 6.08 Å². The number of nitrogens with zero attached hydrogens (tertiary/aromatic N) is 3. The first-order valence-electron chi connectivity index (χ1n) is 11.7. The fourth-order valence-corrected chi connectivity index (χ4v) is 4.32. The summed E-state index contributed by atoms with van der Waals surface area (Å²) in [6.45, 7) is 9.86. The number of hydrogen-bond donors (Lipinski definition) is 0.